The van der Waals surface area contributed by atoms with E-state index in [1.54, 1.807) is 0 Å². The van der Waals surface area contributed by atoms with E-state index >= 15 is 0 Å². The molecule has 0 fully saturated rings. The summed E-state index contributed by atoms with van der Waals surface area (Å²) in [4.78, 5) is 8.17. The van der Waals surface area contributed by atoms with Gasteiger partial charge in [-0.15, -0.1) is 0 Å². The second kappa shape index (κ2) is 3.19. The number of benzene rings is 1. The van der Waals surface area contributed by atoms with Crippen LogP contribution in [0.5, 0.6) is 0 Å². The number of fused-ring (bicyclic) bond motifs is 1. The van der Waals surface area contributed by atoms with Crippen LogP contribution < -0.4 is 5.73 Å². The van der Waals surface area contributed by atoms with Gasteiger partial charge in [0.2, 0.25) is 0 Å². The third kappa shape index (κ3) is 1.77. The highest BCUT2D eigenvalue weighted by Gasteiger charge is 2.14. The number of nitrogen functional groups attached to an aromatic ring is 1. The van der Waals surface area contributed by atoms with E-state index in [9.17, 15) is 0 Å². The van der Waals surface area contributed by atoms with Gasteiger partial charge in [-0.2, -0.15) is 0 Å². The maximum Gasteiger partial charge on any atom is 0.134 e. The van der Waals surface area contributed by atoms with E-state index in [4.69, 9.17) is 5.73 Å². The molecule has 2 rings (SSSR count). The number of nitrogens with two attached hydrogens (primary N) is 1. The van der Waals surface area contributed by atoms with Gasteiger partial charge in [-0.25, -0.2) is 9.97 Å². The molecule has 1 aromatic heterocycles. The highest BCUT2D eigenvalue weighted by Crippen LogP contribution is 2.26. The molecule has 0 aliphatic heterocycles. The molecule has 0 atom stereocenters. The topological polar surface area (TPSA) is 51.8 Å². The van der Waals surface area contributed by atoms with E-state index in [1.807, 2.05) is 6.07 Å². The van der Waals surface area contributed by atoms with Gasteiger partial charge in [-0.3, -0.25) is 0 Å². The molecule has 78 valence electrons. The first kappa shape index (κ1) is 9.90. The Bertz CT molecular complexity index is 498. The largest absolute Gasteiger partial charge is 0.383 e. The van der Waals surface area contributed by atoms with Crippen LogP contribution in [0.15, 0.2) is 24.5 Å². The Morgan fingerprint density at radius 3 is 2.53 bits per heavy atom. The molecule has 0 aliphatic rings. The van der Waals surface area contributed by atoms with E-state index in [-0.39, 0.29) is 5.41 Å². The molecule has 0 bridgehead atoms. The molecule has 0 radical (unpaired) electrons. The summed E-state index contributed by atoms with van der Waals surface area (Å²) in [5.74, 6) is 0.547. The van der Waals surface area contributed by atoms with E-state index in [2.05, 4.69) is 42.9 Å². The van der Waals surface area contributed by atoms with Gasteiger partial charge >= 0.3 is 0 Å². The molecule has 1 heterocycles. The zero-order chi connectivity index (χ0) is 11.1. The lowest BCUT2D eigenvalue weighted by Crippen LogP contribution is -2.11. The molecule has 0 aliphatic carbocycles. The molecule has 0 unspecified atom stereocenters. The van der Waals surface area contributed by atoms with E-state index in [0.717, 1.165) is 10.9 Å². The quantitative estimate of drug-likeness (QED) is 0.712. The summed E-state index contributed by atoms with van der Waals surface area (Å²) >= 11 is 0. The summed E-state index contributed by atoms with van der Waals surface area (Å²) in [7, 11) is 0. The summed E-state index contributed by atoms with van der Waals surface area (Å²) in [6.07, 6.45) is 1.49. The molecule has 2 aromatic rings. The standard InChI is InChI=1S/C12H15N3/c1-12(2,3)8-4-5-10-9(6-8)11(13)15-7-14-10/h4-7H,1-3H3,(H2,13,14,15). The summed E-state index contributed by atoms with van der Waals surface area (Å²) in [6, 6.07) is 6.16. The molecular weight excluding hydrogens is 186 g/mol. The molecule has 3 nitrogen and oxygen atoms in total. The van der Waals surface area contributed by atoms with Gasteiger partial charge in [-0.05, 0) is 23.1 Å². The summed E-state index contributed by atoms with van der Waals surface area (Å²) in [5, 5.41) is 0.935. The summed E-state index contributed by atoms with van der Waals surface area (Å²) in [5.41, 5.74) is 8.08. The molecular formula is C12H15N3. The Kier molecular flexibility index (Phi) is 2.11. The SMILES string of the molecule is CC(C)(C)c1ccc2ncnc(N)c2c1. The van der Waals surface area contributed by atoms with Crippen LogP contribution in [0.25, 0.3) is 10.9 Å². The lowest BCUT2D eigenvalue weighted by molar-refractivity contribution is 0.591. The van der Waals surface area contributed by atoms with Gasteiger partial charge in [0.1, 0.15) is 12.1 Å². The van der Waals surface area contributed by atoms with Crippen LogP contribution in [-0.2, 0) is 5.41 Å². The fourth-order valence-corrected chi connectivity index (χ4v) is 1.54. The van der Waals surface area contributed by atoms with Crippen molar-refractivity contribution < 1.29 is 0 Å². The number of anilines is 1. The molecule has 1 aromatic carbocycles. The molecule has 3 heteroatoms. The third-order valence-electron chi connectivity index (χ3n) is 2.53. The Labute approximate surface area is 89.4 Å². The number of aromatic nitrogens is 2. The average Bonchev–Trinajstić information content (AvgIpc) is 2.16. The minimum atomic E-state index is 0.121. The number of hydrogen-bond acceptors (Lipinski definition) is 3. The van der Waals surface area contributed by atoms with E-state index in [1.165, 1.54) is 11.9 Å². The lowest BCUT2D eigenvalue weighted by Gasteiger charge is -2.19. The second-order valence-electron chi connectivity index (χ2n) is 4.74. The Morgan fingerprint density at radius 2 is 1.87 bits per heavy atom. The highest BCUT2D eigenvalue weighted by atomic mass is 14.9. The zero-order valence-corrected chi connectivity index (χ0v) is 9.28. The first-order valence-corrected chi connectivity index (χ1v) is 4.99. The monoisotopic (exact) mass is 201 g/mol. The Hall–Kier alpha value is -1.64. The molecule has 2 N–H and O–H groups in total. The van der Waals surface area contributed by atoms with Crippen molar-refractivity contribution in [1.82, 2.24) is 9.97 Å². The average molecular weight is 201 g/mol. The normalized spacial score (nSPS) is 11.9. The van der Waals surface area contributed by atoms with Crippen LogP contribution in [0, 0.1) is 0 Å². The number of nitrogens with zero attached hydrogens (tertiary/aromatic N) is 2. The van der Waals surface area contributed by atoms with Crippen molar-refractivity contribution in [3.8, 4) is 0 Å². The smallest absolute Gasteiger partial charge is 0.134 e. The van der Waals surface area contributed by atoms with Crippen LogP contribution >= 0.6 is 0 Å². The van der Waals surface area contributed by atoms with Crippen LogP contribution in [0.4, 0.5) is 5.82 Å². The Balaban J connectivity index is 2.70. The maximum absolute atomic E-state index is 5.82. The summed E-state index contributed by atoms with van der Waals surface area (Å²) < 4.78 is 0. The minimum absolute atomic E-state index is 0.121. The minimum Gasteiger partial charge on any atom is -0.383 e. The van der Waals surface area contributed by atoms with Crippen LogP contribution in [0.2, 0.25) is 0 Å². The molecule has 15 heavy (non-hydrogen) atoms. The van der Waals surface area contributed by atoms with Crippen LogP contribution in [0.1, 0.15) is 26.3 Å². The first-order chi connectivity index (χ1) is 6.98. The number of rotatable bonds is 0. The van der Waals surface area contributed by atoms with Gasteiger partial charge in [0.15, 0.2) is 0 Å². The number of hydrogen-bond donors (Lipinski definition) is 1. The van der Waals surface area contributed by atoms with Crippen molar-refractivity contribution in [1.29, 1.82) is 0 Å². The van der Waals surface area contributed by atoms with Gasteiger partial charge in [0, 0.05) is 5.39 Å². The van der Waals surface area contributed by atoms with Crippen LogP contribution in [0.3, 0.4) is 0 Å². The molecule has 0 amide bonds. The summed E-state index contributed by atoms with van der Waals surface area (Å²) in [6.45, 7) is 6.52. The second-order valence-corrected chi connectivity index (χ2v) is 4.74. The van der Waals surface area contributed by atoms with E-state index < -0.39 is 0 Å². The lowest BCUT2D eigenvalue weighted by atomic mass is 9.86. The van der Waals surface area contributed by atoms with Crippen molar-refractivity contribution in [2.45, 2.75) is 26.2 Å². The van der Waals surface area contributed by atoms with Gasteiger partial charge in [0.05, 0.1) is 5.52 Å². The van der Waals surface area contributed by atoms with Crippen LogP contribution in [-0.4, -0.2) is 9.97 Å². The predicted octanol–water partition coefficient (Wildman–Crippen LogP) is 2.51. The third-order valence-corrected chi connectivity index (χ3v) is 2.53. The van der Waals surface area contributed by atoms with Crippen molar-refractivity contribution in [3.63, 3.8) is 0 Å². The van der Waals surface area contributed by atoms with Crippen molar-refractivity contribution in [2.24, 2.45) is 0 Å². The van der Waals surface area contributed by atoms with Gasteiger partial charge < -0.3 is 5.73 Å². The highest BCUT2D eigenvalue weighted by molar-refractivity contribution is 5.88. The fraction of sp³-hybridized carbons (Fsp3) is 0.333. The Morgan fingerprint density at radius 1 is 1.13 bits per heavy atom. The molecule has 0 saturated heterocycles. The first-order valence-electron chi connectivity index (χ1n) is 4.99. The predicted molar refractivity (Wildman–Crippen MR) is 62.7 cm³/mol. The van der Waals surface area contributed by atoms with Gasteiger partial charge in [-0.1, -0.05) is 26.8 Å². The van der Waals surface area contributed by atoms with Crippen molar-refractivity contribution in [2.75, 3.05) is 5.73 Å². The molecule has 0 spiro atoms. The van der Waals surface area contributed by atoms with Crippen molar-refractivity contribution >= 4 is 16.7 Å². The maximum atomic E-state index is 5.82. The van der Waals surface area contributed by atoms with Crippen molar-refractivity contribution in [3.05, 3.63) is 30.1 Å². The fourth-order valence-electron chi connectivity index (χ4n) is 1.54. The van der Waals surface area contributed by atoms with Gasteiger partial charge in [0.25, 0.3) is 0 Å². The van der Waals surface area contributed by atoms with E-state index in [0.29, 0.717) is 5.82 Å². The molecule has 0 saturated carbocycles. The zero-order valence-electron chi connectivity index (χ0n) is 9.28.